The fraction of sp³-hybridized carbons (Fsp3) is 0.500. The summed E-state index contributed by atoms with van der Waals surface area (Å²) in [6.45, 7) is 3.89. The lowest BCUT2D eigenvalue weighted by Crippen LogP contribution is -2.43. The summed E-state index contributed by atoms with van der Waals surface area (Å²) in [4.78, 5) is 27.2. The third-order valence-electron chi connectivity index (χ3n) is 3.85. The van der Waals surface area contributed by atoms with Crippen LogP contribution in [0.2, 0.25) is 0 Å². The van der Waals surface area contributed by atoms with Crippen molar-refractivity contribution in [2.24, 2.45) is 0 Å². The number of nitrogens with zero attached hydrogens (tertiary/aromatic N) is 2. The second-order valence-corrected chi connectivity index (χ2v) is 5.51. The van der Waals surface area contributed by atoms with E-state index < -0.39 is 0 Å². The average molecular weight is 325 g/mol. The Labute approximate surface area is 135 Å². The monoisotopic (exact) mass is 324 g/mol. The smallest absolute Gasteiger partial charge is 0.410 e. The fourth-order valence-corrected chi connectivity index (χ4v) is 2.81. The van der Waals surface area contributed by atoms with Crippen molar-refractivity contribution in [2.45, 2.75) is 26.0 Å². The Kier molecular flexibility index (Phi) is 6.07. The number of benzene rings is 1. The van der Waals surface area contributed by atoms with Crippen LogP contribution in [-0.2, 0) is 16.1 Å². The van der Waals surface area contributed by atoms with Crippen LogP contribution >= 0.6 is 11.6 Å². The molecule has 2 rings (SSSR count). The quantitative estimate of drug-likeness (QED) is 0.782. The number of carbonyl (C=O) groups excluding carboxylic acids is 2. The highest BCUT2D eigenvalue weighted by Gasteiger charge is 2.32. The van der Waals surface area contributed by atoms with Crippen molar-refractivity contribution in [3.05, 3.63) is 35.9 Å². The number of rotatable bonds is 5. The average Bonchev–Trinajstić information content (AvgIpc) is 3.03. The number of alkyl halides is 1. The number of likely N-dealkylation sites (N-methyl/N-ethyl adjacent to an activating group) is 1. The van der Waals surface area contributed by atoms with E-state index in [4.69, 9.17) is 16.3 Å². The molecule has 2 amide bonds. The molecule has 6 heteroatoms. The molecule has 0 radical (unpaired) electrons. The lowest BCUT2D eigenvalue weighted by atomic mass is 10.2. The summed E-state index contributed by atoms with van der Waals surface area (Å²) in [5, 5.41) is 0. The van der Waals surface area contributed by atoms with Gasteiger partial charge in [0.1, 0.15) is 12.5 Å². The maximum Gasteiger partial charge on any atom is 0.410 e. The van der Waals surface area contributed by atoms with Crippen LogP contribution in [0, 0.1) is 0 Å². The predicted octanol–water partition coefficient (Wildman–Crippen LogP) is 2.48. The third kappa shape index (κ3) is 4.13. The molecular weight excluding hydrogens is 304 g/mol. The molecule has 0 bridgehead atoms. The summed E-state index contributed by atoms with van der Waals surface area (Å²) in [6.07, 6.45) is 0.424. The molecule has 1 heterocycles. The molecule has 0 aromatic heterocycles. The SMILES string of the molecule is CCN(C(=O)OCc1ccccc1)[C@H]1CCN(C(=O)CCl)C1. The summed E-state index contributed by atoms with van der Waals surface area (Å²) >= 11 is 5.58. The third-order valence-corrected chi connectivity index (χ3v) is 4.08. The lowest BCUT2D eigenvalue weighted by Gasteiger charge is -2.27. The van der Waals surface area contributed by atoms with Crippen LogP contribution < -0.4 is 0 Å². The summed E-state index contributed by atoms with van der Waals surface area (Å²) in [5.74, 6) is -0.102. The number of hydrogen-bond donors (Lipinski definition) is 0. The van der Waals surface area contributed by atoms with Crippen LogP contribution in [0.4, 0.5) is 4.79 Å². The molecule has 5 nitrogen and oxygen atoms in total. The number of ether oxygens (including phenoxy) is 1. The van der Waals surface area contributed by atoms with Gasteiger partial charge in [0.15, 0.2) is 0 Å². The molecular formula is C16H21ClN2O3. The first-order valence-electron chi connectivity index (χ1n) is 7.46. The van der Waals surface area contributed by atoms with E-state index in [0.29, 0.717) is 19.6 Å². The highest BCUT2D eigenvalue weighted by atomic mass is 35.5. The van der Waals surface area contributed by atoms with Gasteiger partial charge in [-0.2, -0.15) is 0 Å². The standard InChI is InChI=1S/C16H21ClN2O3/c1-2-19(14-8-9-18(11-14)15(20)10-17)16(21)22-12-13-6-4-3-5-7-13/h3-7,14H,2,8-12H2,1H3/t14-/m0/s1. The summed E-state index contributed by atoms with van der Waals surface area (Å²) in [5.41, 5.74) is 0.956. The number of likely N-dealkylation sites (tertiary alicyclic amines) is 1. The van der Waals surface area contributed by atoms with Gasteiger partial charge in [0.25, 0.3) is 0 Å². The van der Waals surface area contributed by atoms with Crippen LogP contribution in [-0.4, -0.2) is 53.4 Å². The molecule has 0 aliphatic carbocycles. The van der Waals surface area contributed by atoms with Crippen LogP contribution in [0.15, 0.2) is 30.3 Å². The van der Waals surface area contributed by atoms with Gasteiger partial charge in [-0.25, -0.2) is 4.79 Å². The van der Waals surface area contributed by atoms with Gasteiger partial charge in [0, 0.05) is 19.6 Å². The minimum Gasteiger partial charge on any atom is -0.445 e. The summed E-state index contributed by atoms with van der Waals surface area (Å²) in [7, 11) is 0. The molecule has 1 atom stereocenters. The Morgan fingerprint density at radius 2 is 2.09 bits per heavy atom. The Morgan fingerprint density at radius 3 is 2.73 bits per heavy atom. The van der Waals surface area contributed by atoms with E-state index in [-0.39, 0.29) is 30.5 Å². The second-order valence-electron chi connectivity index (χ2n) is 5.24. The predicted molar refractivity (Wildman–Crippen MR) is 84.7 cm³/mol. The van der Waals surface area contributed by atoms with Crippen molar-refractivity contribution in [1.29, 1.82) is 0 Å². The van der Waals surface area contributed by atoms with E-state index >= 15 is 0 Å². The first-order valence-corrected chi connectivity index (χ1v) is 8.00. The number of hydrogen-bond acceptors (Lipinski definition) is 3. The van der Waals surface area contributed by atoms with Gasteiger partial charge in [-0.15, -0.1) is 11.6 Å². The van der Waals surface area contributed by atoms with E-state index in [9.17, 15) is 9.59 Å². The van der Waals surface area contributed by atoms with Crippen LogP contribution in [0.5, 0.6) is 0 Å². The Bertz CT molecular complexity index is 509. The fourth-order valence-electron chi connectivity index (χ4n) is 2.65. The Morgan fingerprint density at radius 1 is 1.36 bits per heavy atom. The molecule has 1 saturated heterocycles. The Hall–Kier alpha value is -1.75. The van der Waals surface area contributed by atoms with E-state index in [2.05, 4.69) is 0 Å². The van der Waals surface area contributed by atoms with Crippen molar-refractivity contribution in [2.75, 3.05) is 25.5 Å². The molecule has 120 valence electrons. The second kappa shape index (κ2) is 8.03. The van der Waals surface area contributed by atoms with Crippen LogP contribution in [0.25, 0.3) is 0 Å². The van der Waals surface area contributed by atoms with Gasteiger partial charge in [0.2, 0.25) is 5.91 Å². The van der Waals surface area contributed by atoms with Crippen molar-refractivity contribution in [3.8, 4) is 0 Å². The molecule has 22 heavy (non-hydrogen) atoms. The minimum atomic E-state index is -0.337. The normalized spacial score (nSPS) is 17.4. The van der Waals surface area contributed by atoms with Crippen molar-refractivity contribution in [3.63, 3.8) is 0 Å². The van der Waals surface area contributed by atoms with Gasteiger partial charge in [-0.05, 0) is 18.9 Å². The van der Waals surface area contributed by atoms with Gasteiger partial charge in [-0.1, -0.05) is 30.3 Å². The van der Waals surface area contributed by atoms with Crippen molar-refractivity contribution >= 4 is 23.6 Å². The maximum absolute atomic E-state index is 12.3. The van der Waals surface area contributed by atoms with Gasteiger partial charge in [0.05, 0.1) is 6.04 Å². The zero-order valence-electron chi connectivity index (χ0n) is 12.7. The van der Waals surface area contributed by atoms with Crippen LogP contribution in [0.3, 0.4) is 0 Å². The van der Waals surface area contributed by atoms with Gasteiger partial charge >= 0.3 is 6.09 Å². The molecule has 1 aliphatic rings. The molecule has 0 spiro atoms. The highest BCUT2D eigenvalue weighted by molar-refractivity contribution is 6.27. The first kappa shape index (κ1) is 16.6. The number of halogens is 1. The first-order chi connectivity index (χ1) is 10.7. The van der Waals surface area contributed by atoms with Crippen molar-refractivity contribution in [1.82, 2.24) is 9.80 Å². The number of amides is 2. The topological polar surface area (TPSA) is 49.9 Å². The number of carbonyl (C=O) groups is 2. The van der Waals surface area contributed by atoms with E-state index in [0.717, 1.165) is 12.0 Å². The maximum atomic E-state index is 12.3. The highest BCUT2D eigenvalue weighted by Crippen LogP contribution is 2.17. The molecule has 0 N–H and O–H groups in total. The molecule has 1 aliphatic heterocycles. The van der Waals surface area contributed by atoms with E-state index in [1.165, 1.54) is 0 Å². The molecule has 0 saturated carbocycles. The zero-order valence-corrected chi connectivity index (χ0v) is 13.5. The summed E-state index contributed by atoms with van der Waals surface area (Å²) < 4.78 is 5.37. The summed E-state index contributed by atoms with van der Waals surface area (Å²) in [6, 6.07) is 9.58. The van der Waals surface area contributed by atoms with Crippen molar-refractivity contribution < 1.29 is 14.3 Å². The lowest BCUT2D eigenvalue weighted by molar-refractivity contribution is -0.127. The molecule has 0 unspecified atom stereocenters. The largest absolute Gasteiger partial charge is 0.445 e. The molecule has 1 aromatic rings. The van der Waals surface area contributed by atoms with Crippen LogP contribution in [0.1, 0.15) is 18.9 Å². The molecule has 1 aromatic carbocycles. The minimum absolute atomic E-state index is 0.000407. The van der Waals surface area contributed by atoms with E-state index in [1.807, 2.05) is 37.3 Å². The van der Waals surface area contributed by atoms with E-state index in [1.54, 1.807) is 9.80 Å². The Balaban J connectivity index is 1.88. The zero-order chi connectivity index (χ0) is 15.9. The van der Waals surface area contributed by atoms with Gasteiger partial charge < -0.3 is 14.5 Å². The molecule has 1 fully saturated rings. The van der Waals surface area contributed by atoms with Gasteiger partial charge in [-0.3, -0.25) is 4.79 Å².